The lowest BCUT2D eigenvalue weighted by atomic mass is 9.70. The zero-order valence-corrected chi connectivity index (χ0v) is 14.1. The zero-order valence-electron chi connectivity index (χ0n) is 14.1. The van der Waals surface area contributed by atoms with Crippen molar-refractivity contribution in [2.75, 3.05) is 13.2 Å². The Labute approximate surface area is 126 Å². The third-order valence-corrected chi connectivity index (χ3v) is 5.79. The van der Waals surface area contributed by atoms with Crippen LogP contribution in [-0.4, -0.2) is 24.8 Å². The standard InChI is InChI=1S/C18H35NO/c1-14(2)19-13-15(3)16(4)17-8-11-20-18(12-17)9-6-5-7-10-18/h14-17,19H,5-13H2,1-4H3. The van der Waals surface area contributed by atoms with Gasteiger partial charge in [0, 0.05) is 12.6 Å². The third kappa shape index (κ3) is 4.21. The third-order valence-electron chi connectivity index (χ3n) is 5.79. The van der Waals surface area contributed by atoms with Gasteiger partial charge in [-0.15, -0.1) is 0 Å². The largest absolute Gasteiger partial charge is 0.375 e. The molecule has 0 aromatic heterocycles. The van der Waals surface area contributed by atoms with Crippen LogP contribution < -0.4 is 5.32 Å². The summed E-state index contributed by atoms with van der Waals surface area (Å²) in [5.41, 5.74) is 0.265. The quantitative estimate of drug-likeness (QED) is 0.807. The van der Waals surface area contributed by atoms with Crippen LogP contribution in [0.4, 0.5) is 0 Å². The highest BCUT2D eigenvalue weighted by Crippen LogP contribution is 2.43. The molecule has 20 heavy (non-hydrogen) atoms. The van der Waals surface area contributed by atoms with Gasteiger partial charge in [-0.1, -0.05) is 47.0 Å². The molecule has 0 amide bonds. The van der Waals surface area contributed by atoms with Crippen molar-refractivity contribution < 1.29 is 4.74 Å². The predicted octanol–water partition coefficient (Wildman–Crippen LogP) is 4.39. The average Bonchev–Trinajstić information content (AvgIpc) is 2.44. The molecule has 0 aromatic rings. The van der Waals surface area contributed by atoms with Gasteiger partial charge in [0.25, 0.3) is 0 Å². The molecule has 1 heterocycles. The van der Waals surface area contributed by atoms with Gasteiger partial charge in [0.1, 0.15) is 0 Å². The van der Waals surface area contributed by atoms with Gasteiger partial charge < -0.3 is 10.1 Å². The number of rotatable bonds is 5. The molecular formula is C18H35NO. The molecule has 2 aliphatic rings. The summed E-state index contributed by atoms with van der Waals surface area (Å²) in [6.07, 6.45) is 9.40. The number of nitrogens with one attached hydrogen (secondary N) is 1. The Bertz CT molecular complexity index is 278. The van der Waals surface area contributed by atoms with Crippen molar-refractivity contribution >= 4 is 0 Å². The summed E-state index contributed by atoms with van der Waals surface area (Å²) >= 11 is 0. The lowest BCUT2D eigenvalue weighted by Crippen LogP contribution is -2.44. The molecule has 3 atom stereocenters. The molecule has 1 spiro atoms. The highest BCUT2D eigenvalue weighted by molar-refractivity contribution is 4.91. The fourth-order valence-corrected chi connectivity index (χ4v) is 4.13. The van der Waals surface area contributed by atoms with Crippen LogP contribution >= 0.6 is 0 Å². The maximum atomic E-state index is 6.25. The van der Waals surface area contributed by atoms with E-state index in [-0.39, 0.29) is 5.60 Å². The van der Waals surface area contributed by atoms with E-state index in [2.05, 4.69) is 33.0 Å². The fourth-order valence-electron chi connectivity index (χ4n) is 4.13. The topological polar surface area (TPSA) is 21.3 Å². The molecule has 0 bridgehead atoms. The van der Waals surface area contributed by atoms with E-state index < -0.39 is 0 Å². The predicted molar refractivity (Wildman–Crippen MR) is 86.0 cm³/mol. The summed E-state index contributed by atoms with van der Waals surface area (Å²) < 4.78 is 6.25. The molecule has 2 rings (SSSR count). The maximum absolute atomic E-state index is 6.25. The van der Waals surface area contributed by atoms with Gasteiger partial charge in [-0.25, -0.2) is 0 Å². The van der Waals surface area contributed by atoms with E-state index >= 15 is 0 Å². The Morgan fingerprint density at radius 1 is 1.10 bits per heavy atom. The average molecular weight is 281 g/mol. The Morgan fingerprint density at radius 2 is 1.80 bits per heavy atom. The Morgan fingerprint density at radius 3 is 2.45 bits per heavy atom. The lowest BCUT2D eigenvalue weighted by molar-refractivity contribution is -0.126. The first kappa shape index (κ1) is 16.3. The molecule has 1 aliphatic heterocycles. The minimum atomic E-state index is 0.265. The zero-order chi connectivity index (χ0) is 14.6. The molecular weight excluding hydrogens is 246 g/mol. The normalized spacial score (nSPS) is 29.6. The molecule has 2 heteroatoms. The van der Waals surface area contributed by atoms with Gasteiger partial charge in [0.2, 0.25) is 0 Å². The summed E-state index contributed by atoms with van der Waals surface area (Å²) in [5.74, 6) is 2.44. The highest BCUT2D eigenvalue weighted by atomic mass is 16.5. The van der Waals surface area contributed by atoms with E-state index in [0.717, 1.165) is 30.9 Å². The monoisotopic (exact) mass is 281 g/mol. The first-order valence-electron chi connectivity index (χ1n) is 8.90. The van der Waals surface area contributed by atoms with Crippen LogP contribution in [0.25, 0.3) is 0 Å². The second-order valence-corrected chi connectivity index (χ2v) is 7.74. The van der Waals surface area contributed by atoms with Crippen LogP contribution in [0, 0.1) is 17.8 Å². The SMILES string of the molecule is CC(C)NCC(C)C(C)C1CCOC2(CCCCC2)C1. The fraction of sp³-hybridized carbons (Fsp3) is 1.00. The Hall–Kier alpha value is -0.0800. The van der Waals surface area contributed by atoms with Crippen LogP contribution in [0.3, 0.4) is 0 Å². The summed E-state index contributed by atoms with van der Waals surface area (Å²) in [6, 6.07) is 0.601. The minimum Gasteiger partial charge on any atom is -0.375 e. The molecule has 2 fully saturated rings. The highest BCUT2D eigenvalue weighted by Gasteiger charge is 2.40. The molecule has 1 aliphatic carbocycles. The van der Waals surface area contributed by atoms with Gasteiger partial charge in [0.15, 0.2) is 0 Å². The number of hydrogen-bond acceptors (Lipinski definition) is 2. The minimum absolute atomic E-state index is 0.265. The summed E-state index contributed by atoms with van der Waals surface area (Å²) in [6.45, 7) is 11.5. The van der Waals surface area contributed by atoms with E-state index in [1.54, 1.807) is 0 Å². The van der Waals surface area contributed by atoms with Crippen molar-refractivity contribution in [3.63, 3.8) is 0 Å². The van der Waals surface area contributed by atoms with Crippen molar-refractivity contribution in [2.45, 2.75) is 84.3 Å². The maximum Gasteiger partial charge on any atom is 0.0685 e. The first-order chi connectivity index (χ1) is 9.52. The van der Waals surface area contributed by atoms with Crippen molar-refractivity contribution in [3.05, 3.63) is 0 Å². The van der Waals surface area contributed by atoms with Crippen LogP contribution in [-0.2, 0) is 4.74 Å². The molecule has 0 aromatic carbocycles. The number of hydrogen-bond donors (Lipinski definition) is 1. The lowest BCUT2D eigenvalue weighted by Gasteiger charge is -2.46. The van der Waals surface area contributed by atoms with E-state index in [4.69, 9.17) is 4.74 Å². The van der Waals surface area contributed by atoms with Crippen molar-refractivity contribution in [3.8, 4) is 0 Å². The molecule has 0 radical (unpaired) electrons. The molecule has 2 nitrogen and oxygen atoms in total. The van der Waals surface area contributed by atoms with E-state index in [9.17, 15) is 0 Å². The molecule has 118 valence electrons. The molecule has 3 unspecified atom stereocenters. The summed E-state index contributed by atoms with van der Waals surface area (Å²) in [5, 5.41) is 3.61. The van der Waals surface area contributed by atoms with Crippen LogP contribution in [0.15, 0.2) is 0 Å². The second-order valence-electron chi connectivity index (χ2n) is 7.74. The van der Waals surface area contributed by atoms with Crippen LogP contribution in [0.5, 0.6) is 0 Å². The molecule has 1 saturated heterocycles. The Balaban J connectivity index is 1.87. The van der Waals surface area contributed by atoms with E-state index in [0.29, 0.717) is 6.04 Å². The molecule has 1 saturated carbocycles. The second kappa shape index (κ2) is 7.26. The van der Waals surface area contributed by atoms with Crippen molar-refractivity contribution in [1.82, 2.24) is 5.32 Å². The van der Waals surface area contributed by atoms with E-state index in [1.165, 1.54) is 44.9 Å². The van der Waals surface area contributed by atoms with E-state index in [1.807, 2.05) is 0 Å². The van der Waals surface area contributed by atoms with Crippen molar-refractivity contribution in [1.29, 1.82) is 0 Å². The number of ether oxygens (including phenoxy) is 1. The van der Waals surface area contributed by atoms with Crippen molar-refractivity contribution in [2.24, 2.45) is 17.8 Å². The molecule has 1 N–H and O–H groups in total. The van der Waals surface area contributed by atoms with Gasteiger partial charge >= 0.3 is 0 Å². The summed E-state index contributed by atoms with van der Waals surface area (Å²) in [4.78, 5) is 0. The van der Waals surface area contributed by atoms with Crippen LogP contribution in [0.1, 0.15) is 72.6 Å². The summed E-state index contributed by atoms with van der Waals surface area (Å²) in [7, 11) is 0. The van der Waals surface area contributed by atoms with Gasteiger partial charge in [-0.2, -0.15) is 0 Å². The first-order valence-corrected chi connectivity index (χ1v) is 8.90. The van der Waals surface area contributed by atoms with Gasteiger partial charge in [-0.05, 0) is 50.0 Å². The Kier molecular flexibility index (Phi) is 5.92. The van der Waals surface area contributed by atoms with Gasteiger partial charge in [0.05, 0.1) is 5.60 Å². The smallest absolute Gasteiger partial charge is 0.0685 e. The van der Waals surface area contributed by atoms with Crippen LogP contribution in [0.2, 0.25) is 0 Å². The van der Waals surface area contributed by atoms with Gasteiger partial charge in [-0.3, -0.25) is 0 Å².